The minimum absolute atomic E-state index is 0.0283. The molecule has 1 aromatic carbocycles. The Morgan fingerprint density at radius 2 is 1.90 bits per heavy atom. The van der Waals surface area contributed by atoms with Crippen molar-refractivity contribution in [3.05, 3.63) is 28.8 Å². The third-order valence-corrected chi connectivity index (χ3v) is 3.89. The molecule has 0 aromatic heterocycles. The van der Waals surface area contributed by atoms with Crippen LogP contribution < -0.4 is 10.6 Å². The Hall–Kier alpha value is -1.17. The number of nitrogens with one attached hydrogen (secondary N) is 2. The van der Waals surface area contributed by atoms with Crippen molar-refractivity contribution in [3.8, 4) is 0 Å². The lowest BCUT2D eigenvalue weighted by Gasteiger charge is -2.18. The van der Waals surface area contributed by atoms with Crippen molar-refractivity contribution in [2.24, 2.45) is 0 Å². The Kier molecular flexibility index (Phi) is 4.86. The van der Waals surface area contributed by atoms with Crippen molar-refractivity contribution in [1.29, 1.82) is 0 Å². The molecule has 1 atom stereocenters. The molecule has 116 valence electrons. The first-order valence-electron chi connectivity index (χ1n) is 7.21. The average Bonchev–Trinajstić information content (AvgIpc) is 2.73. The van der Waals surface area contributed by atoms with Crippen LogP contribution >= 0.6 is 12.2 Å². The highest BCUT2D eigenvalue weighted by atomic mass is 32.1. The van der Waals surface area contributed by atoms with E-state index in [9.17, 15) is 0 Å². The molecule has 1 aliphatic rings. The van der Waals surface area contributed by atoms with Crippen LogP contribution in [0.15, 0.2) is 12.1 Å². The van der Waals surface area contributed by atoms with Crippen LogP contribution in [0.5, 0.6) is 0 Å². The zero-order valence-electron chi connectivity index (χ0n) is 13.4. The first-order valence-corrected chi connectivity index (χ1v) is 7.62. The van der Waals surface area contributed by atoms with Gasteiger partial charge in [-0.25, -0.2) is 0 Å². The van der Waals surface area contributed by atoms with E-state index < -0.39 is 5.79 Å². The van der Waals surface area contributed by atoms with Crippen LogP contribution in [0.4, 0.5) is 5.69 Å². The van der Waals surface area contributed by atoms with E-state index in [0.717, 1.165) is 5.69 Å². The molecule has 0 bridgehead atoms. The second-order valence-corrected chi connectivity index (χ2v) is 6.45. The second kappa shape index (κ2) is 6.30. The minimum atomic E-state index is -0.494. The van der Waals surface area contributed by atoms with Crippen molar-refractivity contribution >= 4 is 23.0 Å². The molecule has 1 saturated heterocycles. The van der Waals surface area contributed by atoms with Gasteiger partial charge >= 0.3 is 0 Å². The summed E-state index contributed by atoms with van der Waals surface area (Å²) in [5.41, 5.74) is 4.76. The summed E-state index contributed by atoms with van der Waals surface area (Å²) in [6.07, 6.45) is 0.0283. The van der Waals surface area contributed by atoms with Crippen LogP contribution in [0.2, 0.25) is 0 Å². The molecule has 2 rings (SSSR count). The maximum atomic E-state index is 5.74. The molecule has 0 aliphatic carbocycles. The van der Waals surface area contributed by atoms with Crippen molar-refractivity contribution in [1.82, 2.24) is 5.32 Å². The topological polar surface area (TPSA) is 42.5 Å². The Morgan fingerprint density at radius 3 is 2.52 bits per heavy atom. The summed E-state index contributed by atoms with van der Waals surface area (Å²) in [5, 5.41) is 7.04. The van der Waals surface area contributed by atoms with Crippen molar-refractivity contribution in [2.45, 2.75) is 46.5 Å². The van der Waals surface area contributed by atoms with E-state index in [0.29, 0.717) is 18.3 Å². The third kappa shape index (κ3) is 4.40. The van der Waals surface area contributed by atoms with Gasteiger partial charge in [0, 0.05) is 12.2 Å². The molecule has 1 aliphatic heterocycles. The van der Waals surface area contributed by atoms with Crippen LogP contribution in [-0.2, 0) is 9.47 Å². The Labute approximate surface area is 132 Å². The lowest BCUT2D eigenvalue weighted by Crippen LogP contribution is -2.37. The van der Waals surface area contributed by atoms with Gasteiger partial charge < -0.3 is 20.1 Å². The second-order valence-electron chi connectivity index (χ2n) is 6.04. The Morgan fingerprint density at radius 1 is 1.24 bits per heavy atom. The number of hydrogen-bond acceptors (Lipinski definition) is 3. The van der Waals surface area contributed by atoms with E-state index >= 15 is 0 Å². The Balaban J connectivity index is 1.87. The van der Waals surface area contributed by atoms with Gasteiger partial charge in [0.2, 0.25) is 0 Å². The third-order valence-electron chi connectivity index (χ3n) is 3.65. The molecule has 21 heavy (non-hydrogen) atoms. The number of rotatable bonds is 3. The molecule has 1 aromatic rings. The number of anilines is 1. The van der Waals surface area contributed by atoms with Gasteiger partial charge in [0.1, 0.15) is 6.10 Å². The van der Waals surface area contributed by atoms with E-state index in [2.05, 4.69) is 43.5 Å². The van der Waals surface area contributed by atoms with Gasteiger partial charge in [-0.2, -0.15) is 0 Å². The standard InChI is InChI=1S/C16H24N2O2S/c1-10-6-12(3)14(7-11(10)2)18-15(21)17-8-13-9-19-16(4,5)20-13/h6-7,13H,8-9H2,1-5H3,(H2,17,18,21). The minimum Gasteiger partial charge on any atom is -0.360 e. The highest BCUT2D eigenvalue weighted by Gasteiger charge is 2.32. The van der Waals surface area contributed by atoms with Gasteiger partial charge in [-0.15, -0.1) is 0 Å². The van der Waals surface area contributed by atoms with Gasteiger partial charge in [-0.05, 0) is 69.6 Å². The fraction of sp³-hybridized carbons (Fsp3) is 0.562. The zero-order valence-corrected chi connectivity index (χ0v) is 14.2. The summed E-state index contributed by atoms with van der Waals surface area (Å²) < 4.78 is 11.3. The molecule has 0 saturated carbocycles. The van der Waals surface area contributed by atoms with E-state index in [4.69, 9.17) is 21.7 Å². The quantitative estimate of drug-likeness (QED) is 0.840. The summed E-state index contributed by atoms with van der Waals surface area (Å²) >= 11 is 5.34. The van der Waals surface area contributed by atoms with Crippen molar-refractivity contribution < 1.29 is 9.47 Å². The molecule has 0 amide bonds. The number of aryl methyl sites for hydroxylation is 3. The van der Waals surface area contributed by atoms with Gasteiger partial charge in [-0.3, -0.25) is 0 Å². The highest BCUT2D eigenvalue weighted by molar-refractivity contribution is 7.80. The number of benzene rings is 1. The summed E-state index contributed by atoms with van der Waals surface area (Å²) in [6, 6.07) is 4.29. The SMILES string of the molecule is Cc1cc(C)c(NC(=S)NCC2COC(C)(C)O2)cc1C. The van der Waals surface area contributed by atoms with Crippen molar-refractivity contribution in [3.63, 3.8) is 0 Å². The average molecular weight is 308 g/mol. The van der Waals surface area contributed by atoms with Crippen LogP contribution in [0, 0.1) is 20.8 Å². The zero-order chi connectivity index (χ0) is 15.6. The lowest BCUT2D eigenvalue weighted by molar-refractivity contribution is -0.137. The smallest absolute Gasteiger partial charge is 0.170 e. The van der Waals surface area contributed by atoms with E-state index in [1.807, 2.05) is 13.8 Å². The molecule has 4 nitrogen and oxygen atoms in total. The maximum Gasteiger partial charge on any atom is 0.170 e. The lowest BCUT2D eigenvalue weighted by atomic mass is 10.1. The highest BCUT2D eigenvalue weighted by Crippen LogP contribution is 2.22. The maximum absolute atomic E-state index is 5.74. The monoisotopic (exact) mass is 308 g/mol. The van der Waals surface area contributed by atoms with Gasteiger partial charge in [0.05, 0.1) is 6.61 Å². The normalized spacial score (nSPS) is 20.3. The van der Waals surface area contributed by atoms with Crippen LogP contribution in [0.25, 0.3) is 0 Å². The molecule has 1 heterocycles. The van der Waals surface area contributed by atoms with Crippen LogP contribution in [-0.4, -0.2) is 30.2 Å². The predicted molar refractivity (Wildman–Crippen MR) is 89.8 cm³/mol. The molecule has 1 fully saturated rings. The number of ether oxygens (including phenoxy) is 2. The van der Waals surface area contributed by atoms with E-state index in [1.54, 1.807) is 0 Å². The predicted octanol–water partition coefficient (Wildman–Crippen LogP) is 3.05. The van der Waals surface area contributed by atoms with E-state index in [1.165, 1.54) is 16.7 Å². The van der Waals surface area contributed by atoms with Gasteiger partial charge in [0.25, 0.3) is 0 Å². The summed E-state index contributed by atoms with van der Waals surface area (Å²) in [6.45, 7) is 11.4. The molecule has 0 spiro atoms. The van der Waals surface area contributed by atoms with Crippen LogP contribution in [0.1, 0.15) is 30.5 Å². The fourth-order valence-electron chi connectivity index (χ4n) is 2.33. The first kappa shape index (κ1) is 16.2. The number of hydrogen-bond donors (Lipinski definition) is 2. The van der Waals surface area contributed by atoms with Gasteiger partial charge in [-0.1, -0.05) is 6.07 Å². The molecular weight excluding hydrogens is 284 g/mol. The summed E-state index contributed by atoms with van der Waals surface area (Å²) in [7, 11) is 0. The largest absolute Gasteiger partial charge is 0.360 e. The summed E-state index contributed by atoms with van der Waals surface area (Å²) in [5.74, 6) is -0.494. The molecule has 1 unspecified atom stereocenters. The molecule has 0 radical (unpaired) electrons. The molecule has 5 heteroatoms. The number of thiocarbonyl (C=S) groups is 1. The van der Waals surface area contributed by atoms with Crippen molar-refractivity contribution in [2.75, 3.05) is 18.5 Å². The first-order chi connectivity index (χ1) is 9.77. The Bertz CT molecular complexity index is 543. The molecule has 2 N–H and O–H groups in total. The summed E-state index contributed by atoms with van der Waals surface area (Å²) in [4.78, 5) is 0. The van der Waals surface area contributed by atoms with Gasteiger partial charge in [0.15, 0.2) is 10.9 Å². The van der Waals surface area contributed by atoms with E-state index in [-0.39, 0.29) is 6.10 Å². The van der Waals surface area contributed by atoms with Crippen LogP contribution in [0.3, 0.4) is 0 Å². The fourth-order valence-corrected chi connectivity index (χ4v) is 2.53. The molecular formula is C16H24N2O2S.